The van der Waals surface area contributed by atoms with Crippen molar-refractivity contribution in [1.29, 1.82) is 0 Å². The minimum absolute atomic E-state index is 0.0350. The first kappa shape index (κ1) is 13.6. The molecule has 1 aromatic carbocycles. The van der Waals surface area contributed by atoms with Crippen molar-refractivity contribution in [2.75, 3.05) is 13.1 Å². The highest BCUT2D eigenvalue weighted by molar-refractivity contribution is 5.83. The smallest absolute Gasteiger partial charge is 0.307 e. The number of nitrogens with zero attached hydrogens (tertiary/aromatic N) is 1. The average molecular weight is 261 g/mol. The third-order valence-electron chi connectivity index (χ3n) is 3.78. The number of aliphatic carboxylic acids is 1. The molecule has 1 aromatic rings. The summed E-state index contributed by atoms with van der Waals surface area (Å²) in [5.41, 5.74) is 2.48. The van der Waals surface area contributed by atoms with Crippen molar-refractivity contribution < 1.29 is 14.7 Å². The predicted molar refractivity (Wildman–Crippen MR) is 71.8 cm³/mol. The van der Waals surface area contributed by atoms with E-state index in [9.17, 15) is 9.59 Å². The molecule has 1 unspecified atom stereocenters. The normalized spacial score (nSPS) is 19.5. The molecule has 1 saturated heterocycles. The fraction of sp³-hybridized carbons (Fsp3) is 0.467. The van der Waals surface area contributed by atoms with E-state index in [1.54, 1.807) is 4.90 Å². The second-order valence-electron chi connectivity index (χ2n) is 5.09. The number of benzene rings is 1. The van der Waals surface area contributed by atoms with E-state index in [1.165, 1.54) is 11.1 Å². The summed E-state index contributed by atoms with van der Waals surface area (Å²) in [5.74, 6) is -1.39. The minimum atomic E-state index is -0.855. The van der Waals surface area contributed by atoms with Gasteiger partial charge in [0.2, 0.25) is 5.91 Å². The lowest BCUT2D eigenvalue weighted by Gasteiger charge is -2.30. The van der Waals surface area contributed by atoms with Crippen LogP contribution in [0.2, 0.25) is 0 Å². The molecule has 0 radical (unpaired) electrons. The summed E-state index contributed by atoms with van der Waals surface area (Å²) in [6.45, 7) is 3.30. The number of rotatable bonds is 4. The Morgan fingerprint density at radius 1 is 1.42 bits per heavy atom. The van der Waals surface area contributed by atoms with E-state index in [1.807, 2.05) is 12.1 Å². The molecule has 1 atom stereocenters. The van der Waals surface area contributed by atoms with Crippen LogP contribution >= 0.6 is 0 Å². The Morgan fingerprint density at radius 3 is 2.79 bits per heavy atom. The van der Waals surface area contributed by atoms with Crippen LogP contribution in [0.15, 0.2) is 24.3 Å². The zero-order valence-corrected chi connectivity index (χ0v) is 11.1. The zero-order chi connectivity index (χ0) is 13.8. The summed E-state index contributed by atoms with van der Waals surface area (Å²) >= 11 is 0. The van der Waals surface area contributed by atoms with Crippen molar-refractivity contribution in [3.05, 3.63) is 35.4 Å². The molecule has 4 nitrogen and oxygen atoms in total. The van der Waals surface area contributed by atoms with Crippen molar-refractivity contribution in [2.24, 2.45) is 5.92 Å². The molecule has 1 heterocycles. The predicted octanol–water partition coefficient (Wildman–Crippen LogP) is 1.86. The van der Waals surface area contributed by atoms with Crippen LogP contribution in [0, 0.1) is 12.8 Å². The van der Waals surface area contributed by atoms with Crippen molar-refractivity contribution in [3.63, 3.8) is 0 Å². The molecule has 0 bridgehead atoms. The number of carboxylic acids is 1. The molecule has 4 heteroatoms. The summed E-state index contributed by atoms with van der Waals surface area (Å²) in [4.78, 5) is 24.5. The number of carboxylic acid groups (broad SMARTS) is 1. The Morgan fingerprint density at radius 2 is 2.16 bits per heavy atom. The summed E-state index contributed by atoms with van der Waals surface area (Å²) < 4.78 is 0. The maximum absolute atomic E-state index is 11.9. The number of hydrogen-bond donors (Lipinski definition) is 1. The molecule has 1 amide bonds. The van der Waals surface area contributed by atoms with Crippen molar-refractivity contribution in [3.8, 4) is 0 Å². The Balaban J connectivity index is 1.89. The van der Waals surface area contributed by atoms with Gasteiger partial charge in [-0.15, -0.1) is 0 Å². The summed E-state index contributed by atoms with van der Waals surface area (Å²) in [7, 11) is 0. The highest BCUT2D eigenvalue weighted by Crippen LogP contribution is 2.19. The van der Waals surface area contributed by atoms with E-state index in [2.05, 4.69) is 19.1 Å². The first-order valence-electron chi connectivity index (χ1n) is 6.63. The third-order valence-corrected chi connectivity index (χ3v) is 3.78. The van der Waals surface area contributed by atoms with Crippen LogP contribution in [-0.4, -0.2) is 35.0 Å². The Labute approximate surface area is 113 Å². The lowest BCUT2D eigenvalue weighted by atomic mass is 9.96. The number of aryl methyl sites for hydroxylation is 1. The van der Waals surface area contributed by atoms with Gasteiger partial charge in [-0.05, 0) is 30.9 Å². The largest absolute Gasteiger partial charge is 0.481 e. The molecule has 0 aliphatic carbocycles. The van der Waals surface area contributed by atoms with Crippen LogP contribution in [0.5, 0.6) is 0 Å². The standard InChI is InChI=1S/C15H19NO3/c1-11-4-2-3-5-12(11)6-8-16-9-7-13(15(18)19)10-14(16)17/h2-5,13H,6-10H2,1H3,(H,18,19). The van der Waals surface area contributed by atoms with Crippen LogP contribution in [0.3, 0.4) is 0 Å². The molecule has 0 saturated carbocycles. The van der Waals surface area contributed by atoms with E-state index in [0.717, 1.165) is 6.42 Å². The lowest BCUT2D eigenvalue weighted by molar-refractivity contribution is -0.149. The third kappa shape index (κ3) is 3.34. The van der Waals surface area contributed by atoms with Gasteiger partial charge in [-0.2, -0.15) is 0 Å². The van der Waals surface area contributed by atoms with E-state index < -0.39 is 11.9 Å². The maximum atomic E-state index is 11.9. The van der Waals surface area contributed by atoms with E-state index in [4.69, 9.17) is 5.11 Å². The second-order valence-corrected chi connectivity index (χ2v) is 5.09. The van der Waals surface area contributed by atoms with Crippen LogP contribution in [0.4, 0.5) is 0 Å². The topological polar surface area (TPSA) is 57.6 Å². The Bertz CT molecular complexity index is 484. The molecular weight excluding hydrogens is 242 g/mol. The van der Waals surface area contributed by atoms with Gasteiger partial charge in [0.15, 0.2) is 0 Å². The number of carbonyl (C=O) groups excluding carboxylic acids is 1. The van der Waals surface area contributed by atoms with Gasteiger partial charge in [-0.25, -0.2) is 0 Å². The second kappa shape index (κ2) is 5.87. The van der Waals surface area contributed by atoms with Crippen LogP contribution < -0.4 is 0 Å². The maximum Gasteiger partial charge on any atom is 0.307 e. The minimum Gasteiger partial charge on any atom is -0.481 e. The van der Waals surface area contributed by atoms with Crippen molar-refractivity contribution in [1.82, 2.24) is 4.90 Å². The average Bonchev–Trinajstić information content (AvgIpc) is 2.39. The molecule has 1 fully saturated rings. The van der Waals surface area contributed by atoms with Crippen LogP contribution in [0.25, 0.3) is 0 Å². The van der Waals surface area contributed by atoms with Gasteiger partial charge >= 0.3 is 5.97 Å². The molecule has 19 heavy (non-hydrogen) atoms. The Kier molecular flexibility index (Phi) is 4.20. The molecule has 0 aromatic heterocycles. The fourth-order valence-electron chi connectivity index (χ4n) is 2.47. The number of carbonyl (C=O) groups is 2. The summed E-state index contributed by atoms with van der Waals surface area (Å²) in [6, 6.07) is 8.14. The van der Waals surface area contributed by atoms with E-state index in [0.29, 0.717) is 19.5 Å². The first-order chi connectivity index (χ1) is 9.08. The highest BCUT2D eigenvalue weighted by Gasteiger charge is 2.29. The van der Waals surface area contributed by atoms with E-state index >= 15 is 0 Å². The molecule has 1 N–H and O–H groups in total. The Hall–Kier alpha value is -1.84. The van der Waals surface area contributed by atoms with Gasteiger partial charge < -0.3 is 10.0 Å². The molecule has 1 aliphatic rings. The van der Waals surface area contributed by atoms with Gasteiger partial charge in [0.1, 0.15) is 0 Å². The molecular formula is C15H19NO3. The van der Waals surface area contributed by atoms with Crippen LogP contribution in [-0.2, 0) is 16.0 Å². The van der Waals surface area contributed by atoms with E-state index in [-0.39, 0.29) is 12.3 Å². The van der Waals surface area contributed by atoms with Gasteiger partial charge in [0.05, 0.1) is 5.92 Å². The van der Waals surface area contributed by atoms with Crippen molar-refractivity contribution >= 4 is 11.9 Å². The molecule has 2 rings (SSSR count). The molecule has 1 aliphatic heterocycles. The summed E-state index contributed by atoms with van der Waals surface area (Å²) in [5, 5.41) is 8.92. The zero-order valence-electron chi connectivity index (χ0n) is 11.1. The number of hydrogen-bond acceptors (Lipinski definition) is 2. The first-order valence-corrected chi connectivity index (χ1v) is 6.63. The SMILES string of the molecule is Cc1ccccc1CCN1CCC(C(=O)O)CC1=O. The number of amides is 1. The lowest BCUT2D eigenvalue weighted by Crippen LogP contribution is -2.41. The highest BCUT2D eigenvalue weighted by atomic mass is 16.4. The fourth-order valence-corrected chi connectivity index (χ4v) is 2.47. The van der Waals surface area contributed by atoms with Gasteiger partial charge in [-0.3, -0.25) is 9.59 Å². The van der Waals surface area contributed by atoms with Gasteiger partial charge in [-0.1, -0.05) is 24.3 Å². The van der Waals surface area contributed by atoms with Gasteiger partial charge in [0, 0.05) is 19.5 Å². The summed E-state index contributed by atoms with van der Waals surface area (Å²) in [6.07, 6.45) is 1.54. The molecule has 0 spiro atoms. The quantitative estimate of drug-likeness (QED) is 0.900. The van der Waals surface area contributed by atoms with Gasteiger partial charge in [0.25, 0.3) is 0 Å². The van der Waals surface area contributed by atoms with Crippen molar-refractivity contribution in [2.45, 2.75) is 26.2 Å². The number of likely N-dealkylation sites (tertiary alicyclic amines) is 1. The van der Waals surface area contributed by atoms with Crippen LogP contribution in [0.1, 0.15) is 24.0 Å². The number of piperidine rings is 1. The monoisotopic (exact) mass is 261 g/mol. The molecule has 102 valence electrons.